The Hall–Kier alpha value is -3.11. The minimum absolute atomic E-state index is 0.165. The van der Waals surface area contributed by atoms with Crippen molar-refractivity contribution in [3.05, 3.63) is 64.7 Å². The van der Waals surface area contributed by atoms with Crippen LogP contribution in [-0.4, -0.2) is 36.2 Å². The van der Waals surface area contributed by atoms with Crippen molar-refractivity contribution in [2.45, 2.75) is 24.4 Å². The third-order valence-electron chi connectivity index (χ3n) is 4.31. The second-order valence-electron chi connectivity index (χ2n) is 6.34. The monoisotopic (exact) mass is 427 g/mol. The van der Waals surface area contributed by atoms with E-state index in [4.69, 9.17) is 0 Å². The van der Waals surface area contributed by atoms with E-state index in [1.165, 1.54) is 17.4 Å². The second kappa shape index (κ2) is 7.72. The Kier molecular flexibility index (Phi) is 5.12. The van der Waals surface area contributed by atoms with E-state index in [-0.39, 0.29) is 23.2 Å². The maximum atomic E-state index is 12.4. The largest absolute Gasteiger partial charge is 0.348 e. The summed E-state index contributed by atoms with van der Waals surface area (Å²) < 4.78 is 26.7. The van der Waals surface area contributed by atoms with Gasteiger partial charge in [-0.3, -0.25) is 19.5 Å². The van der Waals surface area contributed by atoms with Gasteiger partial charge in [-0.15, -0.1) is 11.3 Å². The SMILES string of the molecule is C[C@H](N=C1NS(=O)(=O)c2ccccc21)C(=O)NCc1nc(-c2ccncc2)cs1. The van der Waals surface area contributed by atoms with Crippen molar-refractivity contribution in [1.29, 1.82) is 0 Å². The Bertz CT molecular complexity index is 1190. The molecule has 0 bridgehead atoms. The number of fused-ring (bicyclic) bond motifs is 1. The molecule has 1 aliphatic rings. The Morgan fingerprint density at radius 1 is 1.24 bits per heavy atom. The van der Waals surface area contributed by atoms with Crippen LogP contribution in [0.25, 0.3) is 11.3 Å². The lowest BCUT2D eigenvalue weighted by Gasteiger charge is -2.08. The van der Waals surface area contributed by atoms with Gasteiger partial charge in [0.15, 0.2) is 0 Å². The molecule has 0 saturated heterocycles. The zero-order valence-corrected chi connectivity index (χ0v) is 17.0. The first-order valence-corrected chi connectivity index (χ1v) is 11.1. The lowest BCUT2D eigenvalue weighted by Crippen LogP contribution is -2.33. The van der Waals surface area contributed by atoms with E-state index in [0.717, 1.165) is 16.3 Å². The number of amides is 1. The third-order valence-corrected chi connectivity index (χ3v) is 6.55. The molecule has 0 aliphatic carbocycles. The number of nitrogens with zero attached hydrogens (tertiary/aromatic N) is 3. The number of hydrogen-bond donors (Lipinski definition) is 2. The highest BCUT2D eigenvalue weighted by Crippen LogP contribution is 2.23. The van der Waals surface area contributed by atoms with Crippen molar-refractivity contribution >= 4 is 33.1 Å². The van der Waals surface area contributed by atoms with Crippen molar-refractivity contribution in [3.63, 3.8) is 0 Å². The number of carbonyl (C=O) groups is 1. The predicted octanol–water partition coefficient (Wildman–Crippen LogP) is 1.95. The molecule has 10 heteroatoms. The average Bonchev–Trinajstić information content (AvgIpc) is 3.30. The summed E-state index contributed by atoms with van der Waals surface area (Å²) in [4.78, 5) is 25.4. The first kappa shape index (κ1) is 19.2. The van der Waals surface area contributed by atoms with Gasteiger partial charge in [-0.05, 0) is 31.2 Å². The van der Waals surface area contributed by atoms with Crippen molar-refractivity contribution in [2.75, 3.05) is 0 Å². The maximum Gasteiger partial charge on any atom is 0.263 e. The van der Waals surface area contributed by atoms with Gasteiger partial charge in [-0.25, -0.2) is 13.4 Å². The Morgan fingerprint density at radius 2 is 2.00 bits per heavy atom. The zero-order valence-electron chi connectivity index (χ0n) is 15.4. The predicted molar refractivity (Wildman–Crippen MR) is 110 cm³/mol. The molecule has 0 fully saturated rings. The van der Waals surface area contributed by atoms with Crippen LogP contribution in [0.4, 0.5) is 0 Å². The summed E-state index contributed by atoms with van der Waals surface area (Å²) in [6.45, 7) is 1.88. The lowest BCUT2D eigenvalue weighted by atomic mass is 10.2. The van der Waals surface area contributed by atoms with E-state index in [9.17, 15) is 13.2 Å². The molecule has 3 heterocycles. The number of pyridine rings is 1. The third kappa shape index (κ3) is 4.03. The molecule has 1 atom stereocenters. The van der Waals surface area contributed by atoms with Crippen LogP contribution in [0.1, 0.15) is 17.5 Å². The zero-order chi connectivity index (χ0) is 20.4. The minimum Gasteiger partial charge on any atom is -0.348 e. The molecule has 148 valence electrons. The van der Waals surface area contributed by atoms with Gasteiger partial charge in [-0.2, -0.15) is 0 Å². The molecule has 2 aromatic heterocycles. The van der Waals surface area contributed by atoms with Crippen LogP contribution in [0.3, 0.4) is 0 Å². The number of carbonyl (C=O) groups excluding carboxylic acids is 1. The molecule has 0 saturated carbocycles. The highest BCUT2D eigenvalue weighted by Gasteiger charge is 2.31. The Labute approximate surface area is 171 Å². The summed E-state index contributed by atoms with van der Waals surface area (Å²) in [6.07, 6.45) is 3.40. The average molecular weight is 428 g/mol. The van der Waals surface area contributed by atoms with Gasteiger partial charge in [0, 0.05) is 28.9 Å². The number of amidine groups is 1. The first-order chi connectivity index (χ1) is 13.9. The molecule has 0 spiro atoms. The summed E-state index contributed by atoms with van der Waals surface area (Å²) in [5.41, 5.74) is 2.25. The Balaban J connectivity index is 1.42. The van der Waals surface area contributed by atoms with Gasteiger partial charge < -0.3 is 5.32 Å². The van der Waals surface area contributed by atoms with Gasteiger partial charge in [0.05, 0.1) is 17.1 Å². The molecular formula is C19H17N5O3S2. The fourth-order valence-electron chi connectivity index (χ4n) is 2.84. The van der Waals surface area contributed by atoms with Crippen LogP contribution in [0.2, 0.25) is 0 Å². The molecule has 8 nitrogen and oxygen atoms in total. The number of aromatic nitrogens is 2. The number of rotatable bonds is 5. The molecule has 3 aromatic rings. The normalized spacial score (nSPS) is 16.8. The van der Waals surface area contributed by atoms with Gasteiger partial charge in [0.25, 0.3) is 10.0 Å². The maximum absolute atomic E-state index is 12.4. The molecular weight excluding hydrogens is 410 g/mol. The minimum atomic E-state index is -3.63. The van der Waals surface area contributed by atoms with Crippen molar-refractivity contribution in [1.82, 2.24) is 20.0 Å². The highest BCUT2D eigenvalue weighted by molar-refractivity contribution is 7.90. The van der Waals surface area contributed by atoms with Gasteiger partial charge >= 0.3 is 0 Å². The van der Waals surface area contributed by atoms with E-state index >= 15 is 0 Å². The van der Waals surface area contributed by atoms with Gasteiger partial charge in [0.1, 0.15) is 16.9 Å². The standard InChI is InChI=1S/C19H17N5O3S2/c1-12(22-18-14-4-2-3-5-16(14)29(26,27)24-18)19(25)21-10-17-23-15(11-28-17)13-6-8-20-9-7-13/h2-9,11-12H,10H2,1H3,(H,21,25)(H,22,24)/t12-/m0/s1. The molecule has 29 heavy (non-hydrogen) atoms. The van der Waals surface area contributed by atoms with E-state index in [0.29, 0.717) is 5.56 Å². The van der Waals surface area contributed by atoms with Crippen LogP contribution in [0.15, 0.2) is 64.1 Å². The summed E-state index contributed by atoms with van der Waals surface area (Å²) in [5, 5.41) is 5.48. The number of benzene rings is 1. The van der Waals surface area contributed by atoms with E-state index in [2.05, 4.69) is 25.0 Å². The van der Waals surface area contributed by atoms with Crippen molar-refractivity contribution in [2.24, 2.45) is 4.99 Å². The number of aliphatic imine (C=N–C) groups is 1. The van der Waals surface area contributed by atoms with E-state index in [1.807, 2.05) is 17.5 Å². The summed E-state index contributed by atoms with van der Waals surface area (Å²) in [7, 11) is -3.63. The topological polar surface area (TPSA) is 113 Å². The molecule has 4 rings (SSSR count). The Morgan fingerprint density at radius 3 is 2.79 bits per heavy atom. The molecule has 2 N–H and O–H groups in total. The number of sulfonamides is 1. The van der Waals surface area contributed by atoms with Crippen LogP contribution in [0, 0.1) is 0 Å². The molecule has 1 aromatic carbocycles. The fraction of sp³-hybridized carbons (Fsp3) is 0.158. The van der Waals surface area contributed by atoms with Gasteiger partial charge in [0.2, 0.25) is 5.91 Å². The molecule has 0 unspecified atom stereocenters. The molecule has 1 aliphatic heterocycles. The second-order valence-corrected chi connectivity index (χ2v) is 8.93. The smallest absolute Gasteiger partial charge is 0.263 e. The van der Waals surface area contributed by atoms with Crippen molar-refractivity contribution < 1.29 is 13.2 Å². The van der Waals surface area contributed by atoms with Gasteiger partial charge in [-0.1, -0.05) is 12.1 Å². The van der Waals surface area contributed by atoms with E-state index in [1.54, 1.807) is 37.5 Å². The number of thiazole rings is 1. The van der Waals surface area contributed by atoms with Crippen LogP contribution in [0.5, 0.6) is 0 Å². The van der Waals surface area contributed by atoms with E-state index < -0.39 is 16.1 Å². The summed E-state index contributed by atoms with van der Waals surface area (Å²) in [5.74, 6) is -0.140. The van der Waals surface area contributed by atoms with Crippen molar-refractivity contribution in [3.8, 4) is 11.3 Å². The van der Waals surface area contributed by atoms with Crippen LogP contribution >= 0.6 is 11.3 Å². The quantitative estimate of drug-likeness (QED) is 0.646. The number of hydrogen-bond acceptors (Lipinski definition) is 7. The first-order valence-electron chi connectivity index (χ1n) is 8.76. The number of nitrogens with one attached hydrogen (secondary N) is 2. The fourth-order valence-corrected chi connectivity index (χ4v) is 4.82. The van der Waals surface area contributed by atoms with Crippen LogP contribution < -0.4 is 10.0 Å². The van der Waals surface area contributed by atoms with Crippen LogP contribution in [-0.2, 0) is 21.4 Å². The lowest BCUT2D eigenvalue weighted by molar-refractivity contribution is -0.122. The molecule has 0 radical (unpaired) electrons. The summed E-state index contributed by atoms with van der Waals surface area (Å²) >= 11 is 1.45. The highest BCUT2D eigenvalue weighted by atomic mass is 32.2. The summed E-state index contributed by atoms with van der Waals surface area (Å²) in [6, 6.07) is 9.51. The molecule has 1 amide bonds.